The third-order valence-electron chi connectivity index (χ3n) is 4.18. The maximum atomic E-state index is 14.0. The number of nitrogens with zero attached hydrogens (tertiary/aromatic N) is 1. The van der Waals surface area contributed by atoms with Crippen molar-refractivity contribution in [2.24, 2.45) is 0 Å². The van der Waals surface area contributed by atoms with Crippen LogP contribution in [0.5, 0.6) is 0 Å². The van der Waals surface area contributed by atoms with Gasteiger partial charge in [0.1, 0.15) is 11.6 Å². The maximum Gasteiger partial charge on any atom is 0.131 e. The van der Waals surface area contributed by atoms with Gasteiger partial charge in [0.2, 0.25) is 0 Å². The van der Waals surface area contributed by atoms with E-state index in [1.165, 1.54) is 12.1 Å². The second-order valence-corrected chi connectivity index (χ2v) is 5.62. The molecule has 23 heavy (non-hydrogen) atoms. The average Bonchev–Trinajstić information content (AvgIpc) is 2.57. The zero-order chi connectivity index (χ0) is 16.0. The van der Waals surface area contributed by atoms with Gasteiger partial charge in [0.05, 0.1) is 5.69 Å². The van der Waals surface area contributed by atoms with E-state index in [1.54, 1.807) is 37.4 Å². The van der Waals surface area contributed by atoms with Gasteiger partial charge in [-0.05, 0) is 53.6 Å². The molecule has 4 aromatic rings. The highest BCUT2D eigenvalue weighted by Gasteiger charge is 2.10. The number of hydrogen-bond acceptors (Lipinski definition) is 1. The van der Waals surface area contributed by atoms with E-state index in [-0.39, 0.29) is 11.6 Å². The molecule has 1 heterocycles. The molecule has 4 rings (SSSR count). The summed E-state index contributed by atoms with van der Waals surface area (Å²) in [6.45, 7) is 1.73. The number of halogens is 2. The molecule has 0 fully saturated rings. The van der Waals surface area contributed by atoms with Gasteiger partial charge in [-0.25, -0.2) is 8.78 Å². The van der Waals surface area contributed by atoms with E-state index in [2.05, 4.69) is 4.98 Å². The van der Waals surface area contributed by atoms with E-state index < -0.39 is 0 Å². The molecule has 0 saturated heterocycles. The number of benzene rings is 3. The Morgan fingerprint density at radius 3 is 2.35 bits per heavy atom. The van der Waals surface area contributed by atoms with E-state index in [4.69, 9.17) is 0 Å². The van der Waals surface area contributed by atoms with E-state index in [1.807, 2.05) is 18.2 Å². The third-order valence-corrected chi connectivity index (χ3v) is 4.18. The van der Waals surface area contributed by atoms with Crippen LogP contribution in [0.4, 0.5) is 8.78 Å². The molecule has 0 unspecified atom stereocenters. The van der Waals surface area contributed by atoms with Gasteiger partial charge >= 0.3 is 0 Å². The maximum absolute atomic E-state index is 14.0. The molecule has 0 bridgehead atoms. The third kappa shape index (κ3) is 2.16. The number of rotatable bonds is 1. The number of pyridine rings is 1. The summed E-state index contributed by atoms with van der Waals surface area (Å²) in [7, 11) is 0. The van der Waals surface area contributed by atoms with E-state index in [9.17, 15) is 8.78 Å². The monoisotopic (exact) mass is 305 g/mol. The van der Waals surface area contributed by atoms with Crippen molar-refractivity contribution in [3.8, 4) is 11.3 Å². The number of aryl methyl sites for hydroxylation is 1. The first-order valence-electron chi connectivity index (χ1n) is 7.37. The molecule has 0 atom stereocenters. The van der Waals surface area contributed by atoms with Crippen molar-refractivity contribution < 1.29 is 8.78 Å². The largest absolute Gasteiger partial charge is 0.256 e. The van der Waals surface area contributed by atoms with Gasteiger partial charge in [-0.15, -0.1) is 0 Å². The minimum Gasteiger partial charge on any atom is -0.256 e. The second kappa shape index (κ2) is 5.13. The second-order valence-electron chi connectivity index (χ2n) is 5.62. The van der Waals surface area contributed by atoms with Crippen molar-refractivity contribution in [2.75, 3.05) is 0 Å². The zero-order valence-corrected chi connectivity index (χ0v) is 12.5. The van der Waals surface area contributed by atoms with Crippen molar-refractivity contribution in [2.45, 2.75) is 6.92 Å². The first-order valence-corrected chi connectivity index (χ1v) is 7.37. The van der Waals surface area contributed by atoms with Crippen molar-refractivity contribution >= 4 is 21.5 Å². The average molecular weight is 305 g/mol. The smallest absolute Gasteiger partial charge is 0.131 e. The van der Waals surface area contributed by atoms with Crippen LogP contribution in [0.2, 0.25) is 0 Å². The lowest BCUT2D eigenvalue weighted by atomic mass is 9.98. The Kier molecular flexibility index (Phi) is 3.08. The van der Waals surface area contributed by atoms with E-state index in [0.717, 1.165) is 27.4 Å². The van der Waals surface area contributed by atoms with E-state index in [0.29, 0.717) is 10.9 Å². The first-order chi connectivity index (χ1) is 11.1. The summed E-state index contributed by atoms with van der Waals surface area (Å²) in [5, 5.41) is 3.31. The van der Waals surface area contributed by atoms with Gasteiger partial charge in [0.15, 0.2) is 0 Å². The fourth-order valence-electron chi connectivity index (χ4n) is 3.01. The standard InChI is InChI=1S/C20H13F2N/c1-12-11-13(5-8-18(12)21)20-17-7-6-16-14(3-2-4-19(16)22)15(17)9-10-23-20/h2-11H,1H3. The number of hydrogen-bond donors (Lipinski definition) is 0. The Balaban J connectivity index is 2.07. The van der Waals surface area contributed by atoms with Crippen molar-refractivity contribution in [3.63, 3.8) is 0 Å². The Bertz CT molecular complexity index is 1050. The van der Waals surface area contributed by atoms with Gasteiger partial charge in [-0.3, -0.25) is 4.98 Å². The summed E-state index contributed by atoms with van der Waals surface area (Å²) in [6, 6.07) is 15.6. The van der Waals surface area contributed by atoms with Crippen LogP contribution >= 0.6 is 0 Å². The molecule has 0 aliphatic heterocycles. The van der Waals surface area contributed by atoms with Crippen LogP contribution in [0.15, 0.2) is 60.8 Å². The SMILES string of the molecule is Cc1cc(-c2nccc3c2ccc2c(F)cccc23)ccc1F. The predicted octanol–water partition coefficient (Wildman–Crippen LogP) is 5.64. The lowest BCUT2D eigenvalue weighted by molar-refractivity contribution is 0.619. The summed E-state index contributed by atoms with van der Waals surface area (Å²) in [6.07, 6.45) is 1.71. The number of aromatic nitrogens is 1. The Hall–Kier alpha value is -2.81. The van der Waals surface area contributed by atoms with Gasteiger partial charge in [0.25, 0.3) is 0 Å². The molecule has 0 radical (unpaired) electrons. The summed E-state index contributed by atoms with van der Waals surface area (Å²) in [4.78, 5) is 4.46. The molecule has 1 nitrogen and oxygen atoms in total. The van der Waals surface area contributed by atoms with Gasteiger partial charge in [-0.1, -0.05) is 24.3 Å². The van der Waals surface area contributed by atoms with Crippen LogP contribution in [0, 0.1) is 18.6 Å². The molecule has 1 aromatic heterocycles. The van der Waals surface area contributed by atoms with Gasteiger partial charge < -0.3 is 0 Å². The van der Waals surface area contributed by atoms with Crippen LogP contribution in [0.25, 0.3) is 32.8 Å². The van der Waals surface area contributed by atoms with Crippen LogP contribution in [-0.2, 0) is 0 Å². The summed E-state index contributed by atoms with van der Waals surface area (Å²) < 4.78 is 27.5. The Morgan fingerprint density at radius 1 is 0.739 bits per heavy atom. The van der Waals surface area contributed by atoms with Crippen molar-refractivity contribution in [3.05, 3.63) is 78.0 Å². The highest BCUT2D eigenvalue weighted by Crippen LogP contribution is 2.32. The molecule has 0 N–H and O–H groups in total. The Morgan fingerprint density at radius 2 is 1.52 bits per heavy atom. The van der Waals surface area contributed by atoms with Crippen LogP contribution in [-0.4, -0.2) is 4.98 Å². The first kappa shape index (κ1) is 13.8. The highest BCUT2D eigenvalue weighted by molar-refractivity contribution is 6.11. The zero-order valence-electron chi connectivity index (χ0n) is 12.5. The quantitative estimate of drug-likeness (QED) is 0.415. The lowest BCUT2D eigenvalue weighted by Gasteiger charge is -2.10. The normalized spacial score (nSPS) is 11.3. The topological polar surface area (TPSA) is 12.9 Å². The van der Waals surface area contributed by atoms with Crippen LogP contribution < -0.4 is 0 Å². The summed E-state index contributed by atoms with van der Waals surface area (Å²) >= 11 is 0. The fourth-order valence-corrected chi connectivity index (χ4v) is 3.01. The molecular formula is C20H13F2N. The summed E-state index contributed by atoms with van der Waals surface area (Å²) in [5.74, 6) is -0.470. The Labute approximate surface area is 132 Å². The molecule has 3 heteroatoms. The number of fused-ring (bicyclic) bond motifs is 3. The molecule has 0 spiro atoms. The van der Waals surface area contributed by atoms with Crippen molar-refractivity contribution in [1.82, 2.24) is 4.98 Å². The molecule has 0 aliphatic carbocycles. The van der Waals surface area contributed by atoms with Gasteiger partial charge in [-0.2, -0.15) is 0 Å². The molecule has 0 aliphatic rings. The molecule has 0 amide bonds. The lowest BCUT2D eigenvalue weighted by Crippen LogP contribution is -1.90. The van der Waals surface area contributed by atoms with Crippen LogP contribution in [0.3, 0.4) is 0 Å². The minimum absolute atomic E-state index is 0.235. The van der Waals surface area contributed by atoms with Crippen molar-refractivity contribution in [1.29, 1.82) is 0 Å². The van der Waals surface area contributed by atoms with E-state index >= 15 is 0 Å². The predicted molar refractivity (Wildman–Crippen MR) is 89.3 cm³/mol. The highest BCUT2D eigenvalue weighted by atomic mass is 19.1. The molecular weight excluding hydrogens is 292 g/mol. The van der Waals surface area contributed by atoms with Gasteiger partial charge in [0, 0.05) is 22.5 Å². The summed E-state index contributed by atoms with van der Waals surface area (Å²) in [5.41, 5.74) is 2.20. The molecule has 112 valence electrons. The molecule has 0 saturated carbocycles. The fraction of sp³-hybridized carbons (Fsp3) is 0.0500. The van der Waals surface area contributed by atoms with Crippen LogP contribution in [0.1, 0.15) is 5.56 Å². The minimum atomic E-state index is -0.236. The molecule has 3 aromatic carbocycles.